The fourth-order valence-corrected chi connectivity index (χ4v) is 3.47. The monoisotopic (exact) mass is 361 g/mol. The summed E-state index contributed by atoms with van der Waals surface area (Å²) in [6.07, 6.45) is 2.57. The lowest BCUT2D eigenvalue weighted by Crippen LogP contribution is -2.30. The van der Waals surface area contributed by atoms with Crippen LogP contribution < -0.4 is 10.9 Å². The largest absolute Gasteiger partial charge is 0.480 e. The van der Waals surface area contributed by atoms with Crippen LogP contribution >= 0.6 is 0 Å². The molecule has 136 valence electrons. The number of benzene rings is 2. The molecule has 0 radical (unpaired) electrons. The molecule has 6 nitrogen and oxygen atoms in total. The van der Waals surface area contributed by atoms with E-state index >= 15 is 0 Å². The molecule has 27 heavy (non-hydrogen) atoms. The standard InChI is InChI=1S/C21H19N3O3/c25-20-19(23-13-17-9-10-18(21(26)27)24(17)20)22-12-14-5-4-8-16(11-14)15-6-2-1-3-7-15/h1-8,11,13,18H,9-10,12H2,(H,22,23)(H,26,27)/t18-/m0/s1. The van der Waals surface area contributed by atoms with Gasteiger partial charge in [-0.3, -0.25) is 9.36 Å². The first-order chi connectivity index (χ1) is 13.1. The normalized spacial score (nSPS) is 15.3. The van der Waals surface area contributed by atoms with Gasteiger partial charge in [0, 0.05) is 18.4 Å². The van der Waals surface area contributed by atoms with Crippen molar-refractivity contribution in [3.63, 3.8) is 0 Å². The average Bonchev–Trinajstić information content (AvgIpc) is 3.14. The van der Waals surface area contributed by atoms with Crippen LogP contribution in [0.2, 0.25) is 0 Å². The van der Waals surface area contributed by atoms with E-state index in [9.17, 15) is 14.7 Å². The number of nitrogens with zero attached hydrogens (tertiary/aromatic N) is 2. The quantitative estimate of drug-likeness (QED) is 0.729. The molecule has 1 atom stereocenters. The summed E-state index contributed by atoms with van der Waals surface area (Å²) in [6.45, 7) is 0.431. The minimum atomic E-state index is -0.983. The lowest BCUT2D eigenvalue weighted by atomic mass is 10.0. The van der Waals surface area contributed by atoms with Gasteiger partial charge in [-0.15, -0.1) is 0 Å². The van der Waals surface area contributed by atoms with Crippen molar-refractivity contribution in [3.8, 4) is 11.1 Å². The molecular formula is C21H19N3O3. The highest BCUT2D eigenvalue weighted by molar-refractivity contribution is 5.72. The molecule has 0 fully saturated rings. The molecular weight excluding hydrogens is 342 g/mol. The van der Waals surface area contributed by atoms with Crippen molar-refractivity contribution in [1.29, 1.82) is 0 Å². The van der Waals surface area contributed by atoms with Crippen molar-refractivity contribution in [2.45, 2.75) is 25.4 Å². The third-order valence-electron chi connectivity index (χ3n) is 4.84. The third kappa shape index (κ3) is 3.33. The maximum Gasteiger partial charge on any atom is 0.326 e. The number of anilines is 1. The van der Waals surface area contributed by atoms with Crippen molar-refractivity contribution < 1.29 is 9.90 Å². The van der Waals surface area contributed by atoms with Crippen LogP contribution in [-0.4, -0.2) is 20.6 Å². The highest BCUT2D eigenvalue weighted by Gasteiger charge is 2.30. The van der Waals surface area contributed by atoms with Crippen molar-refractivity contribution in [1.82, 2.24) is 9.55 Å². The van der Waals surface area contributed by atoms with Crippen LogP contribution in [0, 0.1) is 0 Å². The molecule has 2 heterocycles. The predicted molar refractivity (Wildman–Crippen MR) is 103 cm³/mol. The Bertz CT molecular complexity index is 1040. The lowest BCUT2D eigenvalue weighted by Gasteiger charge is -2.12. The number of carboxylic acid groups (broad SMARTS) is 1. The molecule has 0 bridgehead atoms. The fourth-order valence-electron chi connectivity index (χ4n) is 3.47. The predicted octanol–water partition coefficient (Wildman–Crippen LogP) is 3.09. The second-order valence-electron chi connectivity index (χ2n) is 6.59. The molecule has 3 aromatic rings. The molecule has 0 aliphatic carbocycles. The number of hydrogen-bond acceptors (Lipinski definition) is 4. The van der Waals surface area contributed by atoms with Gasteiger partial charge < -0.3 is 10.4 Å². The van der Waals surface area contributed by atoms with E-state index in [1.807, 2.05) is 48.5 Å². The van der Waals surface area contributed by atoms with E-state index in [0.717, 1.165) is 16.7 Å². The molecule has 0 spiro atoms. The number of hydrogen-bond donors (Lipinski definition) is 2. The van der Waals surface area contributed by atoms with E-state index in [2.05, 4.69) is 16.4 Å². The summed E-state index contributed by atoms with van der Waals surface area (Å²) in [7, 11) is 0. The average molecular weight is 361 g/mol. The Morgan fingerprint density at radius 3 is 2.70 bits per heavy atom. The molecule has 2 aromatic carbocycles. The molecule has 1 aliphatic rings. The Balaban J connectivity index is 1.56. The van der Waals surface area contributed by atoms with Gasteiger partial charge in [-0.1, -0.05) is 48.5 Å². The fraction of sp³-hybridized carbons (Fsp3) is 0.190. The smallest absolute Gasteiger partial charge is 0.326 e. The van der Waals surface area contributed by atoms with Gasteiger partial charge in [-0.05, 0) is 35.6 Å². The number of carboxylic acids is 1. The van der Waals surface area contributed by atoms with Crippen molar-refractivity contribution in [2.24, 2.45) is 0 Å². The van der Waals surface area contributed by atoms with Crippen LogP contribution in [-0.2, 0) is 17.8 Å². The van der Waals surface area contributed by atoms with Gasteiger partial charge in [0.1, 0.15) is 6.04 Å². The summed E-state index contributed by atoms with van der Waals surface area (Å²) < 4.78 is 1.35. The Kier molecular flexibility index (Phi) is 4.46. The van der Waals surface area contributed by atoms with E-state index in [-0.39, 0.29) is 11.4 Å². The summed E-state index contributed by atoms with van der Waals surface area (Å²) in [5.41, 5.74) is 3.53. The Labute approximate surface area is 156 Å². The Hall–Kier alpha value is -3.41. The first kappa shape index (κ1) is 17.0. The van der Waals surface area contributed by atoms with Crippen molar-refractivity contribution >= 4 is 11.8 Å². The molecule has 0 saturated heterocycles. The first-order valence-corrected chi connectivity index (χ1v) is 8.85. The highest BCUT2D eigenvalue weighted by atomic mass is 16.4. The van der Waals surface area contributed by atoms with Crippen molar-refractivity contribution in [2.75, 3.05) is 5.32 Å². The summed E-state index contributed by atoms with van der Waals surface area (Å²) in [4.78, 5) is 28.2. The maximum atomic E-state index is 12.7. The van der Waals surface area contributed by atoms with Gasteiger partial charge in [0.2, 0.25) is 0 Å². The van der Waals surface area contributed by atoms with Crippen molar-refractivity contribution in [3.05, 3.63) is 82.4 Å². The molecule has 0 saturated carbocycles. The number of rotatable bonds is 5. The van der Waals surface area contributed by atoms with Crippen LogP contribution in [0.25, 0.3) is 11.1 Å². The molecule has 4 rings (SSSR count). The highest BCUT2D eigenvalue weighted by Crippen LogP contribution is 2.24. The Morgan fingerprint density at radius 2 is 1.93 bits per heavy atom. The molecule has 0 unspecified atom stereocenters. The second-order valence-corrected chi connectivity index (χ2v) is 6.59. The zero-order valence-corrected chi connectivity index (χ0v) is 14.6. The Morgan fingerprint density at radius 1 is 1.15 bits per heavy atom. The number of carbonyl (C=O) groups is 1. The van der Waals surface area contributed by atoms with E-state index in [1.54, 1.807) is 6.20 Å². The summed E-state index contributed by atoms with van der Waals surface area (Å²) in [6, 6.07) is 17.3. The third-order valence-corrected chi connectivity index (χ3v) is 4.84. The SMILES string of the molecule is O=C(O)[C@@H]1CCc2cnc(NCc3cccc(-c4ccccc4)c3)c(=O)n21. The van der Waals surface area contributed by atoms with Gasteiger partial charge in [0.15, 0.2) is 5.82 Å². The maximum absolute atomic E-state index is 12.7. The molecule has 6 heteroatoms. The van der Waals surface area contributed by atoms with Crippen LogP contribution in [0.4, 0.5) is 5.82 Å². The molecule has 1 aromatic heterocycles. The molecule has 2 N–H and O–H groups in total. The zero-order chi connectivity index (χ0) is 18.8. The van der Waals surface area contributed by atoms with Gasteiger partial charge in [0.25, 0.3) is 5.56 Å². The summed E-state index contributed by atoms with van der Waals surface area (Å²) in [5.74, 6) is -0.805. The number of fused-ring (bicyclic) bond motifs is 1. The number of aromatic nitrogens is 2. The van der Waals surface area contributed by atoms with Crippen LogP contribution in [0.15, 0.2) is 65.6 Å². The van der Waals surface area contributed by atoms with Gasteiger partial charge in [0.05, 0.1) is 0 Å². The lowest BCUT2D eigenvalue weighted by molar-refractivity contribution is -0.140. The van der Waals surface area contributed by atoms with Gasteiger partial charge in [-0.25, -0.2) is 9.78 Å². The number of aliphatic carboxylic acids is 1. The van der Waals surface area contributed by atoms with Gasteiger partial charge in [-0.2, -0.15) is 0 Å². The molecule has 0 amide bonds. The van der Waals surface area contributed by atoms with Gasteiger partial charge >= 0.3 is 5.97 Å². The minimum absolute atomic E-state index is 0.178. The number of nitrogens with one attached hydrogen (secondary N) is 1. The van der Waals surface area contributed by atoms with E-state index in [4.69, 9.17) is 0 Å². The van der Waals surface area contributed by atoms with Crippen LogP contribution in [0.1, 0.15) is 23.7 Å². The van der Waals surface area contributed by atoms with Crippen LogP contribution in [0.5, 0.6) is 0 Å². The van der Waals surface area contributed by atoms with Crippen LogP contribution in [0.3, 0.4) is 0 Å². The zero-order valence-electron chi connectivity index (χ0n) is 14.6. The van der Waals surface area contributed by atoms with E-state index in [1.165, 1.54) is 4.57 Å². The number of aryl methyl sites for hydroxylation is 1. The topological polar surface area (TPSA) is 84.2 Å². The summed E-state index contributed by atoms with van der Waals surface area (Å²) in [5, 5.41) is 12.4. The molecule has 1 aliphatic heterocycles. The minimum Gasteiger partial charge on any atom is -0.480 e. The second kappa shape index (κ2) is 7.07. The van der Waals surface area contributed by atoms with E-state index in [0.29, 0.717) is 25.1 Å². The first-order valence-electron chi connectivity index (χ1n) is 8.85. The summed E-state index contributed by atoms with van der Waals surface area (Å²) >= 11 is 0. The van der Waals surface area contributed by atoms with E-state index < -0.39 is 12.0 Å².